The summed E-state index contributed by atoms with van der Waals surface area (Å²) in [5, 5.41) is 9.69. The Morgan fingerprint density at radius 1 is 1.14 bits per heavy atom. The number of carbonyl (C=O) groups is 1. The highest BCUT2D eigenvalue weighted by molar-refractivity contribution is 5.90. The number of hydrogen-bond donors (Lipinski definition) is 2. The summed E-state index contributed by atoms with van der Waals surface area (Å²) in [5.41, 5.74) is 4.74. The molecule has 1 aliphatic rings. The largest absolute Gasteiger partial charge is 0.461 e. The van der Waals surface area contributed by atoms with E-state index in [4.69, 9.17) is 9.62 Å². The van der Waals surface area contributed by atoms with Gasteiger partial charge in [-0.25, -0.2) is 5.48 Å². The molecule has 0 unspecified atom stereocenters. The van der Waals surface area contributed by atoms with E-state index >= 15 is 0 Å². The number of nitrogens with one attached hydrogen (secondary N) is 1. The third kappa shape index (κ3) is 4.32. The Morgan fingerprint density at radius 3 is 2.61 bits per heavy atom. The summed E-state index contributed by atoms with van der Waals surface area (Å²) >= 11 is 0. The third-order valence-corrected chi connectivity index (χ3v) is 5.36. The molecule has 0 bridgehead atoms. The number of amides is 1. The molecule has 28 heavy (non-hydrogen) atoms. The normalized spacial score (nSPS) is 16.0. The van der Waals surface area contributed by atoms with Crippen LogP contribution < -0.4 is 5.48 Å². The molecular weight excluding hydrogens is 352 g/mol. The molecule has 1 aromatic heterocycles. The van der Waals surface area contributed by atoms with E-state index < -0.39 is 5.91 Å². The fourth-order valence-electron chi connectivity index (χ4n) is 3.78. The number of likely N-dealkylation sites (tertiary alicyclic amines) is 1. The molecule has 144 valence electrons. The zero-order valence-electron chi connectivity index (χ0n) is 15.7. The van der Waals surface area contributed by atoms with E-state index in [0.29, 0.717) is 5.92 Å². The fourth-order valence-corrected chi connectivity index (χ4v) is 3.78. The number of furan rings is 1. The molecule has 0 radical (unpaired) electrons. The molecule has 0 saturated carbocycles. The molecule has 0 aliphatic carbocycles. The second kappa shape index (κ2) is 8.42. The number of carbonyl (C=O) groups excluding carboxylic acids is 1. The Labute approximate surface area is 164 Å². The first-order valence-electron chi connectivity index (χ1n) is 9.63. The van der Waals surface area contributed by atoms with Gasteiger partial charge < -0.3 is 4.42 Å². The molecule has 2 heterocycles. The lowest BCUT2D eigenvalue weighted by Gasteiger charge is -2.31. The molecule has 4 rings (SSSR count). The molecule has 0 spiro atoms. The van der Waals surface area contributed by atoms with Gasteiger partial charge in [0, 0.05) is 23.9 Å². The number of piperidine rings is 1. The predicted octanol–water partition coefficient (Wildman–Crippen LogP) is 4.33. The number of nitrogens with zero attached hydrogens (tertiary/aromatic N) is 1. The van der Waals surface area contributed by atoms with Crippen molar-refractivity contribution in [2.45, 2.75) is 25.3 Å². The molecule has 2 aromatic carbocycles. The van der Waals surface area contributed by atoms with E-state index in [0.717, 1.165) is 49.4 Å². The molecule has 1 saturated heterocycles. The van der Waals surface area contributed by atoms with Crippen LogP contribution >= 0.6 is 0 Å². The van der Waals surface area contributed by atoms with Gasteiger partial charge in [0.25, 0.3) is 5.91 Å². The highest BCUT2D eigenvalue weighted by Crippen LogP contribution is 2.32. The van der Waals surface area contributed by atoms with Gasteiger partial charge in [0.05, 0.1) is 0 Å². The van der Waals surface area contributed by atoms with Crippen LogP contribution in [0.15, 0.2) is 65.1 Å². The maximum atomic E-state index is 11.0. The first-order valence-corrected chi connectivity index (χ1v) is 9.63. The average molecular weight is 376 g/mol. The summed E-state index contributed by atoms with van der Waals surface area (Å²) in [4.78, 5) is 13.5. The molecule has 1 aliphatic heterocycles. The number of hydroxylamine groups is 1. The minimum Gasteiger partial charge on any atom is -0.461 e. The van der Waals surface area contributed by atoms with Gasteiger partial charge in [0.1, 0.15) is 11.3 Å². The Hall–Kier alpha value is -2.89. The van der Waals surface area contributed by atoms with Crippen molar-refractivity contribution >= 4 is 23.0 Å². The van der Waals surface area contributed by atoms with E-state index in [2.05, 4.69) is 29.2 Å². The van der Waals surface area contributed by atoms with Gasteiger partial charge in [-0.15, -0.1) is 0 Å². The molecule has 5 nitrogen and oxygen atoms in total. The second-order valence-corrected chi connectivity index (χ2v) is 7.29. The molecule has 1 fully saturated rings. The van der Waals surface area contributed by atoms with Crippen molar-refractivity contribution in [2.75, 3.05) is 13.1 Å². The van der Waals surface area contributed by atoms with Gasteiger partial charge in [-0.05, 0) is 55.3 Å². The number of hydrogen-bond acceptors (Lipinski definition) is 4. The standard InChI is InChI=1S/C23H24N2O3/c26-23(24-27)10-9-17-5-7-18(8-6-17)16-25-13-11-19(12-14-25)22-15-20-3-1-2-4-21(20)28-22/h1-10,15,19,27H,11-14,16H2,(H,24,26)/b10-9+. The van der Waals surface area contributed by atoms with Gasteiger partial charge in [0.15, 0.2) is 0 Å². The van der Waals surface area contributed by atoms with E-state index in [1.165, 1.54) is 17.0 Å². The summed E-state index contributed by atoms with van der Waals surface area (Å²) in [5.74, 6) is 1.08. The third-order valence-electron chi connectivity index (χ3n) is 5.36. The summed E-state index contributed by atoms with van der Waals surface area (Å²) in [7, 11) is 0. The van der Waals surface area contributed by atoms with E-state index in [1.807, 2.05) is 30.3 Å². The molecule has 5 heteroatoms. The van der Waals surface area contributed by atoms with E-state index in [1.54, 1.807) is 11.6 Å². The molecular formula is C23H24N2O3. The monoisotopic (exact) mass is 376 g/mol. The number of benzene rings is 2. The molecule has 0 atom stereocenters. The van der Waals surface area contributed by atoms with Crippen LogP contribution in [0, 0.1) is 0 Å². The summed E-state index contributed by atoms with van der Waals surface area (Å²) in [6.07, 6.45) is 5.19. The quantitative estimate of drug-likeness (QED) is 0.395. The van der Waals surface area contributed by atoms with Crippen molar-refractivity contribution in [3.8, 4) is 0 Å². The zero-order chi connectivity index (χ0) is 19.3. The SMILES string of the molecule is O=C(/C=C/c1ccc(CN2CCC(c3cc4ccccc4o3)CC2)cc1)NO. The van der Waals surface area contributed by atoms with Gasteiger partial charge >= 0.3 is 0 Å². The highest BCUT2D eigenvalue weighted by atomic mass is 16.5. The zero-order valence-corrected chi connectivity index (χ0v) is 15.7. The van der Waals surface area contributed by atoms with Crippen LogP contribution in [0.2, 0.25) is 0 Å². The lowest BCUT2D eigenvalue weighted by molar-refractivity contribution is -0.124. The van der Waals surface area contributed by atoms with Crippen LogP contribution in [-0.2, 0) is 11.3 Å². The van der Waals surface area contributed by atoms with Crippen LogP contribution in [0.3, 0.4) is 0 Å². The van der Waals surface area contributed by atoms with Crippen LogP contribution in [0.4, 0.5) is 0 Å². The smallest absolute Gasteiger partial charge is 0.267 e. The Kier molecular flexibility index (Phi) is 5.55. The summed E-state index contributed by atoms with van der Waals surface area (Å²) < 4.78 is 6.05. The minimum absolute atomic E-state index is 0.494. The van der Waals surface area contributed by atoms with Crippen molar-refractivity contribution in [1.82, 2.24) is 10.4 Å². The Morgan fingerprint density at radius 2 is 1.89 bits per heavy atom. The van der Waals surface area contributed by atoms with E-state index in [9.17, 15) is 4.79 Å². The Balaban J connectivity index is 1.31. The van der Waals surface area contributed by atoms with Gasteiger partial charge in [-0.3, -0.25) is 14.9 Å². The summed E-state index contributed by atoms with van der Waals surface area (Å²) in [6, 6.07) is 18.5. The number of rotatable bonds is 5. The lowest BCUT2D eigenvalue weighted by atomic mass is 9.94. The van der Waals surface area contributed by atoms with Crippen molar-refractivity contribution in [1.29, 1.82) is 0 Å². The van der Waals surface area contributed by atoms with Crippen molar-refractivity contribution in [2.24, 2.45) is 0 Å². The summed E-state index contributed by atoms with van der Waals surface area (Å²) in [6.45, 7) is 3.04. The van der Waals surface area contributed by atoms with Crippen molar-refractivity contribution in [3.63, 3.8) is 0 Å². The molecule has 3 aromatic rings. The number of fused-ring (bicyclic) bond motifs is 1. The topological polar surface area (TPSA) is 65.7 Å². The lowest BCUT2D eigenvalue weighted by Crippen LogP contribution is -2.32. The van der Waals surface area contributed by atoms with Crippen molar-refractivity contribution < 1.29 is 14.4 Å². The molecule has 2 N–H and O–H groups in total. The Bertz CT molecular complexity index is 934. The minimum atomic E-state index is -0.531. The van der Waals surface area contributed by atoms with Crippen molar-refractivity contribution in [3.05, 3.63) is 77.6 Å². The van der Waals surface area contributed by atoms with Crippen LogP contribution in [0.5, 0.6) is 0 Å². The van der Waals surface area contributed by atoms with E-state index in [-0.39, 0.29) is 0 Å². The highest BCUT2D eigenvalue weighted by Gasteiger charge is 2.23. The predicted molar refractivity (Wildman–Crippen MR) is 109 cm³/mol. The van der Waals surface area contributed by atoms with Gasteiger partial charge in [0.2, 0.25) is 0 Å². The molecule has 1 amide bonds. The van der Waals surface area contributed by atoms with Gasteiger partial charge in [-0.1, -0.05) is 42.5 Å². The maximum Gasteiger partial charge on any atom is 0.267 e. The van der Waals surface area contributed by atoms with Crippen LogP contribution in [0.25, 0.3) is 17.0 Å². The average Bonchev–Trinajstić information content (AvgIpc) is 3.18. The first kappa shape index (κ1) is 18.5. The maximum absolute atomic E-state index is 11.0. The van der Waals surface area contributed by atoms with Gasteiger partial charge in [-0.2, -0.15) is 0 Å². The first-order chi connectivity index (χ1) is 13.7. The number of para-hydroxylation sites is 1. The second-order valence-electron chi connectivity index (χ2n) is 7.29. The van der Waals surface area contributed by atoms with Crippen LogP contribution in [-0.4, -0.2) is 29.1 Å². The fraction of sp³-hybridized carbons (Fsp3) is 0.261. The van der Waals surface area contributed by atoms with Crippen LogP contribution in [0.1, 0.15) is 35.6 Å².